The molecule has 0 fully saturated rings. The fourth-order valence-electron chi connectivity index (χ4n) is 9.22. The van der Waals surface area contributed by atoms with Gasteiger partial charge in [0.1, 0.15) is 0 Å². The van der Waals surface area contributed by atoms with Crippen LogP contribution >= 0.6 is 0 Å². The molecule has 1 aliphatic carbocycles. The largest absolute Gasteiger partial charge is 0.310 e. The Morgan fingerprint density at radius 3 is 1.51 bits per heavy atom. The van der Waals surface area contributed by atoms with Gasteiger partial charge in [0, 0.05) is 22.5 Å². The van der Waals surface area contributed by atoms with Crippen LogP contribution < -0.4 is 4.90 Å². The van der Waals surface area contributed by atoms with Crippen molar-refractivity contribution in [1.29, 1.82) is 0 Å². The Bertz CT molecular complexity index is 2800. The molecule has 1 aliphatic rings. The van der Waals surface area contributed by atoms with Gasteiger partial charge in [-0.2, -0.15) is 0 Å². The molecule has 272 valence electrons. The molecule has 57 heavy (non-hydrogen) atoms. The number of hydrogen-bond acceptors (Lipinski definition) is 1. The molecule has 0 N–H and O–H groups in total. The number of fused-ring (bicyclic) bond motifs is 4. The zero-order chi connectivity index (χ0) is 38.4. The van der Waals surface area contributed by atoms with Gasteiger partial charge < -0.3 is 4.90 Å². The van der Waals surface area contributed by atoms with E-state index in [1.807, 2.05) is 0 Å². The smallest absolute Gasteiger partial charge is 0.0714 e. The third kappa shape index (κ3) is 5.78. The van der Waals surface area contributed by atoms with Gasteiger partial charge in [-0.15, -0.1) is 0 Å². The van der Waals surface area contributed by atoms with Gasteiger partial charge in [-0.05, 0) is 103 Å². The lowest BCUT2D eigenvalue weighted by molar-refractivity contribution is 0.642. The second-order valence-electron chi connectivity index (χ2n) is 15.7. The summed E-state index contributed by atoms with van der Waals surface area (Å²) in [6.45, 7) is 4.66. The van der Waals surface area contributed by atoms with E-state index in [9.17, 15) is 0 Å². The van der Waals surface area contributed by atoms with Gasteiger partial charge >= 0.3 is 0 Å². The minimum Gasteiger partial charge on any atom is -0.310 e. The minimum atomic E-state index is -0.485. The molecule has 1 nitrogen and oxygen atoms in total. The summed E-state index contributed by atoms with van der Waals surface area (Å²) in [5, 5.41) is 2.54. The van der Waals surface area contributed by atoms with Crippen LogP contribution in [0.2, 0.25) is 0 Å². The second-order valence-corrected chi connectivity index (χ2v) is 15.7. The van der Waals surface area contributed by atoms with E-state index in [0.717, 1.165) is 17.1 Å². The number of benzene rings is 9. The number of hydrogen-bond donors (Lipinski definition) is 0. The molecule has 0 saturated heterocycles. The average molecular weight is 730 g/mol. The molecule has 0 heterocycles. The van der Waals surface area contributed by atoms with Crippen molar-refractivity contribution in [2.75, 3.05) is 4.90 Å². The summed E-state index contributed by atoms with van der Waals surface area (Å²) < 4.78 is 0. The summed E-state index contributed by atoms with van der Waals surface area (Å²) in [5.74, 6) is 0. The molecule has 1 heteroatoms. The SMILES string of the molecule is CC(C)(c1ccc(N(c2ccc(-c3ccccc3)cc2)c2ccc3c(c2)C(c2ccccc2)(c2ccccc2)c2ccccc2-3)cc1)c1ccc2ccccc2c1. The number of nitrogens with zero attached hydrogens (tertiary/aromatic N) is 1. The van der Waals surface area contributed by atoms with E-state index in [2.05, 4.69) is 243 Å². The first-order valence-corrected chi connectivity index (χ1v) is 19.9. The lowest BCUT2D eigenvalue weighted by Gasteiger charge is -2.35. The maximum atomic E-state index is 2.45. The average Bonchev–Trinajstić information content (AvgIpc) is 3.58. The van der Waals surface area contributed by atoms with E-state index in [1.165, 1.54) is 66.4 Å². The Hall–Kier alpha value is -6.96. The summed E-state index contributed by atoms with van der Waals surface area (Å²) in [6, 6.07) is 82.5. The van der Waals surface area contributed by atoms with Gasteiger partial charge in [0.2, 0.25) is 0 Å². The summed E-state index contributed by atoms with van der Waals surface area (Å²) in [5.41, 5.74) is 15.3. The molecule has 0 saturated carbocycles. The van der Waals surface area contributed by atoms with E-state index in [-0.39, 0.29) is 5.41 Å². The van der Waals surface area contributed by atoms with Crippen molar-refractivity contribution in [1.82, 2.24) is 0 Å². The van der Waals surface area contributed by atoms with Crippen molar-refractivity contribution in [3.63, 3.8) is 0 Å². The highest BCUT2D eigenvalue weighted by Gasteiger charge is 2.46. The van der Waals surface area contributed by atoms with Crippen LogP contribution in [0.4, 0.5) is 17.1 Å². The first-order chi connectivity index (χ1) is 28.0. The molecule has 0 bridgehead atoms. The monoisotopic (exact) mass is 729 g/mol. The van der Waals surface area contributed by atoms with E-state index in [0.29, 0.717) is 0 Å². The highest BCUT2D eigenvalue weighted by atomic mass is 15.1. The molecule has 0 unspecified atom stereocenters. The Morgan fingerprint density at radius 2 is 0.842 bits per heavy atom. The molecule has 0 aliphatic heterocycles. The predicted molar refractivity (Wildman–Crippen MR) is 240 cm³/mol. The van der Waals surface area contributed by atoms with Crippen LogP contribution in [0.5, 0.6) is 0 Å². The van der Waals surface area contributed by atoms with Crippen LogP contribution in [-0.2, 0) is 10.8 Å². The summed E-state index contributed by atoms with van der Waals surface area (Å²) >= 11 is 0. The molecule has 9 aromatic carbocycles. The van der Waals surface area contributed by atoms with Crippen molar-refractivity contribution >= 4 is 27.8 Å². The summed E-state index contributed by atoms with van der Waals surface area (Å²) in [4.78, 5) is 2.42. The lowest BCUT2D eigenvalue weighted by atomic mass is 9.67. The third-order valence-corrected chi connectivity index (χ3v) is 12.3. The zero-order valence-corrected chi connectivity index (χ0v) is 32.3. The van der Waals surface area contributed by atoms with Crippen molar-refractivity contribution in [3.8, 4) is 22.3 Å². The van der Waals surface area contributed by atoms with Gasteiger partial charge in [-0.3, -0.25) is 0 Å². The lowest BCUT2D eigenvalue weighted by Crippen LogP contribution is -2.28. The fraction of sp³-hybridized carbons (Fsp3) is 0.0714. The van der Waals surface area contributed by atoms with Gasteiger partial charge in [0.25, 0.3) is 0 Å². The van der Waals surface area contributed by atoms with Crippen LogP contribution in [0.1, 0.15) is 47.2 Å². The summed E-state index contributed by atoms with van der Waals surface area (Å²) in [7, 11) is 0. The number of anilines is 3. The third-order valence-electron chi connectivity index (χ3n) is 12.3. The normalized spacial score (nSPS) is 12.9. The van der Waals surface area contributed by atoms with Crippen molar-refractivity contribution in [2.24, 2.45) is 0 Å². The molecule has 10 rings (SSSR count). The summed E-state index contributed by atoms with van der Waals surface area (Å²) in [6.07, 6.45) is 0. The number of rotatable bonds is 8. The van der Waals surface area contributed by atoms with E-state index >= 15 is 0 Å². The molecular formula is C56H43N. The first-order valence-electron chi connectivity index (χ1n) is 19.9. The van der Waals surface area contributed by atoms with Gasteiger partial charge in [-0.25, -0.2) is 0 Å². The highest BCUT2D eigenvalue weighted by molar-refractivity contribution is 5.90. The topological polar surface area (TPSA) is 3.24 Å². The van der Waals surface area contributed by atoms with Crippen LogP contribution in [0, 0.1) is 0 Å². The Labute approximate surface area is 336 Å². The van der Waals surface area contributed by atoms with Crippen LogP contribution in [0.3, 0.4) is 0 Å². The van der Waals surface area contributed by atoms with E-state index in [1.54, 1.807) is 0 Å². The molecule has 0 radical (unpaired) electrons. The minimum absolute atomic E-state index is 0.185. The molecular weight excluding hydrogens is 687 g/mol. The van der Waals surface area contributed by atoms with Crippen LogP contribution in [0.15, 0.2) is 224 Å². The van der Waals surface area contributed by atoms with Crippen LogP contribution in [0.25, 0.3) is 33.0 Å². The Kier molecular flexibility index (Phi) is 8.46. The zero-order valence-electron chi connectivity index (χ0n) is 32.3. The molecule has 9 aromatic rings. The Morgan fingerprint density at radius 1 is 0.351 bits per heavy atom. The second kappa shape index (κ2) is 14.0. The predicted octanol–water partition coefficient (Wildman–Crippen LogP) is 14.7. The van der Waals surface area contributed by atoms with E-state index < -0.39 is 5.41 Å². The highest BCUT2D eigenvalue weighted by Crippen LogP contribution is 2.57. The van der Waals surface area contributed by atoms with Crippen molar-refractivity contribution < 1.29 is 0 Å². The maximum absolute atomic E-state index is 2.45. The van der Waals surface area contributed by atoms with Crippen molar-refractivity contribution in [2.45, 2.75) is 24.7 Å². The van der Waals surface area contributed by atoms with E-state index in [4.69, 9.17) is 0 Å². The standard InChI is InChI=1S/C56H43N/c1-55(2,47-29-26-41-18-12-13-19-43(41)38-47)44-30-34-49(35-31-44)57(48-32-27-42(28-33-48)40-16-6-3-7-17-40)50-36-37-52-51-24-14-15-25-53(51)56(54(52)39-50,45-20-8-4-9-21-45)46-22-10-5-11-23-46/h3-39H,1-2H3. The van der Waals surface area contributed by atoms with Gasteiger partial charge in [0.15, 0.2) is 0 Å². The fourth-order valence-corrected chi connectivity index (χ4v) is 9.22. The van der Waals surface area contributed by atoms with Crippen LogP contribution in [-0.4, -0.2) is 0 Å². The molecule has 0 spiro atoms. The van der Waals surface area contributed by atoms with Crippen molar-refractivity contribution in [3.05, 3.63) is 258 Å². The maximum Gasteiger partial charge on any atom is 0.0714 e. The van der Waals surface area contributed by atoms with Gasteiger partial charge in [0.05, 0.1) is 5.41 Å². The first kappa shape index (κ1) is 34.5. The van der Waals surface area contributed by atoms with Gasteiger partial charge in [-0.1, -0.05) is 202 Å². The molecule has 0 aromatic heterocycles. The molecule has 0 amide bonds. The Balaban J connectivity index is 1.14. The quantitative estimate of drug-likeness (QED) is 0.151. The molecule has 0 atom stereocenters.